The zero-order valence-corrected chi connectivity index (χ0v) is 15.5. The lowest BCUT2D eigenvalue weighted by molar-refractivity contribution is 0.00578. The van der Waals surface area contributed by atoms with Crippen LogP contribution in [0.15, 0.2) is 59.0 Å². The second-order valence-electron chi connectivity index (χ2n) is 8.14. The van der Waals surface area contributed by atoms with Crippen molar-refractivity contribution in [3.63, 3.8) is 0 Å². The molecule has 3 aromatic carbocycles. The first-order valence-electron chi connectivity index (χ1n) is 9.05. The van der Waals surface area contributed by atoms with Gasteiger partial charge in [-0.2, -0.15) is 0 Å². The van der Waals surface area contributed by atoms with Crippen LogP contribution in [0.3, 0.4) is 0 Å². The maximum atomic E-state index is 6.20. The van der Waals surface area contributed by atoms with Crippen LogP contribution in [0.25, 0.3) is 32.7 Å². The predicted molar refractivity (Wildman–Crippen MR) is 107 cm³/mol. The molecule has 0 amide bonds. The molecule has 5 rings (SSSR count). The lowest BCUT2D eigenvalue weighted by atomic mass is 9.78. The summed E-state index contributed by atoms with van der Waals surface area (Å²) in [7, 11) is -0.346. The van der Waals surface area contributed by atoms with Crippen LogP contribution in [0.2, 0.25) is 0 Å². The highest BCUT2D eigenvalue weighted by molar-refractivity contribution is 6.62. The maximum absolute atomic E-state index is 6.20. The van der Waals surface area contributed by atoms with Gasteiger partial charge >= 0.3 is 7.12 Å². The molecular weight excluding hydrogens is 323 g/mol. The summed E-state index contributed by atoms with van der Waals surface area (Å²) in [5.74, 6) is 0. The van der Waals surface area contributed by atoms with Gasteiger partial charge in [-0.3, -0.25) is 0 Å². The Kier molecular flexibility index (Phi) is 3.14. The second-order valence-corrected chi connectivity index (χ2v) is 8.14. The summed E-state index contributed by atoms with van der Waals surface area (Å²) < 4.78 is 18.4. The fourth-order valence-corrected chi connectivity index (χ4v) is 3.61. The van der Waals surface area contributed by atoms with Crippen LogP contribution in [0.1, 0.15) is 27.7 Å². The third kappa shape index (κ3) is 2.22. The summed E-state index contributed by atoms with van der Waals surface area (Å²) in [6.07, 6.45) is 0. The van der Waals surface area contributed by atoms with E-state index in [2.05, 4.69) is 64.1 Å². The predicted octanol–water partition coefficient (Wildman–Crippen LogP) is 5.04. The molecule has 26 heavy (non-hydrogen) atoms. The molecule has 0 unspecified atom stereocenters. The van der Waals surface area contributed by atoms with E-state index in [9.17, 15) is 0 Å². The van der Waals surface area contributed by atoms with Crippen LogP contribution in [0, 0.1) is 0 Å². The average molecular weight is 344 g/mol. The highest BCUT2D eigenvalue weighted by Gasteiger charge is 2.51. The van der Waals surface area contributed by atoms with E-state index in [1.54, 1.807) is 0 Å². The smallest absolute Gasteiger partial charge is 0.456 e. The minimum Gasteiger partial charge on any atom is -0.456 e. The Morgan fingerprint density at radius 3 is 2.19 bits per heavy atom. The van der Waals surface area contributed by atoms with Crippen molar-refractivity contribution < 1.29 is 13.7 Å². The van der Waals surface area contributed by atoms with Crippen LogP contribution in [-0.2, 0) is 9.31 Å². The summed E-state index contributed by atoms with van der Waals surface area (Å²) >= 11 is 0. The van der Waals surface area contributed by atoms with E-state index in [0.717, 1.165) is 38.2 Å². The van der Waals surface area contributed by atoms with Crippen LogP contribution in [0.5, 0.6) is 0 Å². The van der Waals surface area contributed by atoms with Crippen molar-refractivity contribution in [1.29, 1.82) is 0 Å². The number of fused-ring (bicyclic) bond motifs is 4. The first-order chi connectivity index (χ1) is 12.3. The molecule has 1 aliphatic heterocycles. The summed E-state index contributed by atoms with van der Waals surface area (Å²) in [6, 6.07) is 18.8. The van der Waals surface area contributed by atoms with E-state index in [4.69, 9.17) is 13.7 Å². The lowest BCUT2D eigenvalue weighted by Crippen LogP contribution is -2.41. The molecule has 4 aromatic rings. The number of rotatable bonds is 1. The molecule has 0 atom stereocenters. The molecule has 1 fully saturated rings. The van der Waals surface area contributed by atoms with Crippen molar-refractivity contribution in [1.82, 2.24) is 0 Å². The van der Waals surface area contributed by atoms with Gasteiger partial charge in [-0.15, -0.1) is 0 Å². The first kappa shape index (κ1) is 15.9. The molecule has 0 N–H and O–H groups in total. The van der Waals surface area contributed by atoms with Gasteiger partial charge in [0.15, 0.2) is 0 Å². The number of benzene rings is 3. The molecule has 0 bridgehead atoms. The Hall–Kier alpha value is -2.30. The maximum Gasteiger partial charge on any atom is 0.494 e. The van der Waals surface area contributed by atoms with Gasteiger partial charge in [0.05, 0.1) is 11.2 Å². The molecule has 130 valence electrons. The fourth-order valence-electron chi connectivity index (χ4n) is 3.61. The molecule has 1 saturated heterocycles. The Bertz CT molecular complexity index is 1140. The van der Waals surface area contributed by atoms with Gasteiger partial charge in [0.2, 0.25) is 0 Å². The molecule has 0 aliphatic carbocycles. The van der Waals surface area contributed by atoms with Crippen LogP contribution < -0.4 is 5.46 Å². The van der Waals surface area contributed by atoms with Gasteiger partial charge in [0, 0.05) is 10.8 Å². The van der Waals surface area contributed by atoms with Gasteiger partial charge < -0.3 is 13.7 Å². The van der Waals surface area contributed by atoms with Gasteiger partial charge in [0.25, 0.3) is 0 Å². The first-order valence-corrected chi connectivity index (χ1v) is 9.05. The van der Waals surface area contributed by atoms with E-state index in [1.165, 1.54) is 0 Å². The van der Waals surface area contributed by atoms with Crippen molar-refractivity contribution in [3.8, 4) is 0 Å². The molecule has 1 aromatic heterocycles. The largest absolute Gasteiger partial charge is 0.494 e. The SMILES string of the molecule is CC1(C)OB(c2ccc3cc4oc5ccccc5c4cc3c2)OC1(C)C. The van der Waals surface area contributed by atoms with Crippen LogP contribution >= 0.6 is 0 Å². The standard InChI is InChI=1S/C22H21BO3/c1-21(2)22(3,4)26-23(25-21)16-10-9-14-13-20-18(12-15(14)11-16)17-7-5-6-8-19(17)24-20/h5-13H,1-4H3. The minimum absolute atomic E-state index is 0.336. The van der Waals surface area contributed by atoms with Crippen molar-refractivity contribution in [2.24, 2.45) is 0 Å². The highest BCUT2D eigenvalue weighted by atomic mass is 16.7. The molecule has 3 nitrogen and oxygen atoms in total. The third-order valence-corrected chi connectivity index (χ3v) is 5.89. The Morgan fingerprint density at radius 1 is 0.692 bits per heavy atom. The molecular formula is C22H21BO3. The lowest BCUT2D eigenvalue weighted by Gasteiger charge is -2.32. The summed E-state index contributed by atoms with van der Waals surface area (Å²) in [6.45, 7) is 8.31. The van der Waals surface area contributed by atoms with Gasteiger partial charge in [0.1, 0.15) is 11.2 Å². The molecule has 4 heteroatoms. The van der Waals surface area contributed by atoms with Crippen molar-refractivity contribution >= 4 is 45.3 Å². The third-order valence-electron chi connectivity index (χ3n) is 5.89. The zero-order chi connectivity index (χ0) is 18.1. The number of hydrogen-bond donors (Lipinski definition) is 0. The molecule has 2 heterocycles. The zero-order valence-electron chi connectivity index (χ0n) is 15.5. The van der Waals surface area contributed by atoms with E-state index in [0.29, 0.717) is 0 Å². The number of furan rings is 1. The van der Waals surface area contributed by atoms with Crippen LogP contribution in [0.4, 0.5) is 0 Å². The molecule has 0 saturated carbocycles. The highest BCUT2D eigenvalue weighted by Crippen LogP contribution is 2.37. The van der Waals surface area contributed by atoms with Gasteiger partial charge in [-0.25, -0.2) is 0 Å². The van der Waals surface area contributed by atoms with Gasteiger partial charge in [-0.1, -0.05) is 36.4 Å². The molecule has 0 radical (unpaired) electrons. The number of hydrogen-bond acceptors (Lipinski definition) is 3. The van der Waals surface area contributed by atoms with Crippen molar-refractivity contribution in [3.05, 3.63) is 54.6 Å². The second kappa shape index (κ2) is 5.12. The monoisotopic (exact) mass is 344 g/mol. The fraction of sp³-hybridized carbons (Fsp3) is 0.273. The quantitative estimate of drug-likeness (QED) is 0.454. The summed E-state index contributed by atoms with van der Waals surface area (Å²) in [5, 5.41) is 4.60. The Labute approximate surface area is 153 Å². The Balaban J connectivity index is 1.65. The van der Waals surface area contributed by atoms with E-state index in [1.807, 2.05) is 18.2 Å². The molecule has 0 spiro atoms. The van der Waals surface area contributed by atoms with Gasteiger partial charge in [-0.05, 0) is 62.1 Å². The molecule has 1 aliphatic rings. The summed E-state index contributed by atoms with van der Waals surface area (Å²) in [4.78, 5) is 0. The van der Waals surface area contributed by atoms with E-state index < -0.39 is 0 Å². The normalized spacial score (nSPS) is 19.0. The topological polar surface area (TPSA) is 31.6 Å². The average Bonchev–Trinajstić information content (AvgIpc) is 3.05. The van der Waals surface area contributed by atoms with E-state index >= 15 is 0 Å². The number of para-hydroxylation sites is 1. The Morgan fingerprint density at radius 2 is 1.42 bits per heavy atom. The van der Waals surface area contributed by atoms with E-state index in [-0.39, 0.29) is 18.3 Å². The van der Waals surface area contributed by atoms with Crippen molar-refractivity contribution in [2.45, 2.75) is 38.9 Å². The summed E-state index contributed by atoms with van der Waals surface area (Å²) in [5.41, 5.74) is 2.21. The van der Waals surface area contributed by atoms with Crippen LogP contribution in [-0.4, -0.2) is 18.3 Å². The minimum atomic E-state index is -0.346. The van der Waals surface area contributed by atoms with Crippen molar-refractivity contribution in [2.75, 3.05) is 0 Å².